The first-order valence-corrected chi connectivity index (χ1v) is 20.2. The molecule has 24 nitrogen and oxygen atoms in total. The number of esters is 1. The molecule has 16 N–H and O–H groups in total. The summed E-state index contributed by atoms with van der Waals surface area (Å²) in [6, 6.07) is 9.56. The van der Waals surface area contributed by atoms with Gasteiger partial charge < -0.3 is 114 Å². The average Bonchev–Trinajstić information content (AvgIpc) is 3.29. The van der Waals surface area contributed by atoms with Gasteiger partial charge in [0, 0.05) is 18.2 Å². The SMILES string of the molecule is O=C(/C=C/c1ccc(O)c(O)c1)OC[C@H]1O[C@@H](O[C@H]2[C@H](OC3=Cc4c(O[C@@H]5O[C@H](CO)[C@@H](O)[C@H](O)[C@H]5O)cc(O)cc4[OH+]C3c3ccc(O)c(O)c3)O[C@H](CO)[C@@H](O)[C@@H]2O)[C@H](O)[C@@H](O)[C@@H]1O. The number of carbonyl (C=O) groups excluding carboxylic acids is 1. The molecule has 1 unspecified atom stereocenters. The van der Waals surface area contributed by atoms with Gasteiger partial charge in [-0.2, -0.15) is 0 Å². The van der Waals surface area contributed by atoms with Gasteiger partial charge in [-0.05, 0) is 42.0 Å². The maximum absolute atomic E-state index is 12.6. The summed E-state index contributed by atoms with van der Waals surface area (Å²) in [6.45, 7) is -2.43. The van der Waals surface area contributed by atoms with Crippen molar-refractivity contribution in [1.29, 1.82) is 0 Å². The topological polar surface area (TPSA) is 398 Å². The first-order valence-electron chi connectivity index (χ1n) is 20.2. The number of hydrogen-bond acceptors (Lipinski definition) is 23. The van der Waals surface area contributed by atoms with Gasteiger partial charge in [0.05, 0.1) is 24.8 Å². The third-order valence-electron chi connectivity index (χ3n) is 11.2. The summed E-state index contributed by atoms with van der Waals surface area (Å²) in [5, 5.41) is 157. The molecule has 16 atom stereocenters. The summed E-state index contributed by atoms with van der Waals surface area (Å²) in [7, 11) is 0. The third kappa shape index (κ3) is 10.1. The van der Waals surface area contributed by atoms with Crippen LogP contribution in [0.5, 0.6) is 40.2 Å². The van der Waals surface area contributed by atoms with Crippen molar-refractivity contribution in [3.05, 3.63) is 77.1 Å². The zero-order valence-corrected chi connectivity index (χ0v) is 34.1. The number of hydrogen-bond donors (Lipinski definition) is 15. The number of aliphatic hydroxyl groups is 11. The van der Waals surface area contributed by atoms with Crippen LogP contribution in [0.1, 0.15) is 22.8 Å². The molecule has 3 aromatic rings. The van der Waals surface area contributed by atoms with Gasteiger partial charge in [0.25, 0.3) is 11.9 Å². The molecule has 0 bridgehead atoms. The van der Waals surface area contributed by atoms with Gasteiger partial charge in [0.1, 0.15) is 90.8 Å². The number of benzene rings is 3. The van der Waals surface area contributed by atoms with Crippen molar-refractivity contribution in [1.82, 2.24) is 0 Å². The quantitative estimate of drug-likeness (QED) is 0.0344. The molecule has 66 heavy (non-hydrogen) atoms. The van der Waals surface area contributed by atoms with Crippen molar-refractivity contribution in [2.24, 2.45) is 0 Å². The van der Waals surface area contributed by atoms with Crippen LogP contribution >= 0.6 is 0 Å². The second-order valence-corrected chi connectivity index (χ2v) is 15.7. The highest BCUT2D eigenvalue weighted by Crippen LogP contribution is 2.47. The summed E-state index contributed by atoms with van der Waals surface area (Å²) in [4.78, 5) is 12.6. The van der Waals surface area contributed by atoms with E-state index in [-0.39, 0.29) is 28.4 Å². The van der Waals surface area contributed by atoms with Crippen LogP contribution in [0.4, 0.5) is 0 Å². The standard InChI is InChI=1S/C42H48O24/c43-12-26-30(51)33(54)36(57)40(63-26)61-24-10-17(45)9-23-18(24)11-25(38(60-23)16-3-5-20(47)22(49)8-16)62-42-39(35(56)31(52)27(13-44)64-42)66-41-37(58)34(55)32(53)28(65-41)14-59-29(50)6-2-15-1-4-19(46)21(48)7-15/h1-11,26-28,30-49,51-58H,12-14H2/p+1/b6-2+/t26-,27-,28-,30-,31-,32-,33+,34+,35+,36-,37-,38?,39-,40-,41+,42-/m1/s1. The Morgan fingerprint density at radius 1 is 0.621 bits per heavy atom. The van der Waals surface area contributed by atoms with Gasteiger partial charge in [0.2, 0.25) is 12.6 Å². The van der Waals surface area contributed by atoms with Crippen LogP contribution in [0.2, 0.25) is 0 Å². The van der Waals surface area contributed by atoms with Crippen molar-refractivity contribution < 1.29 is 119 Å². The van der Waals surface area contributed by atoms with Crippen molar-refractivity contribution in [3.63, 3.8) is 0 Å². The number of aromatic hydroxyl groups is 6. The first-order chi connectivity index (χ1) is 31.4. The number of carbonyl (C=O) groups is 1. The van der Waals surface area contributed by atoms with Gasteiger partial charge in [-0.1, -0.05) is 6.07 Å². The second-order valence-electron chi connectivity index (χ2n) is 15.7. The fourth-order valence-electron chi connectivity index (χ4n) is 7.48. The molecule has 0 spiro atoms. The number of phenols is 5. The van der Waals surface area contributed by atoms with Crippen LogP contribution in [-0.2, 0) is 33.2 Å². The monoisotopic (exact) mass is 937 g/mol. The highest BCUT2D eigenvalue weighted by molar-refractivity contribution is 5.87. The van der Waals surface area contributed by atoms with Gasteiger partial charge in [0.15, 0.2) is 41.2 Å². The summed E-state index contributed by atoms with van der Waals surface area (Å²) < 4.78 is 44.9. The number of fused-ring (bicyclic) bond motifs is 1. The lowest BCUT2D eigenvalue weighted by Crippen LogP contribution is -2.64. The average molecular weight is 938 g/mol. The lowest BCUT2D eigenvalue weighted by Gasteiger charge is -2.46. The number of ether oxygens (including phenoxy) is 8. The minimum atomic E-state index is -2.08. The first kappa shape index (κ1) is 48.4. The number of aliphatic hydroxyl groups excluding tert-OH is 10. The second kappa shape index (κ2) is 20.1. The zero-order chi connectivity index (χ0) is 47.7. The normalized spacial score (nSPS) is 34.5. The van der Waals surface area contributed by atoms with Crippen molar-refractivity contribution in [2.45, 2.75) is 98.2 Å². The Kier molecular flexibility index (Phi) is 14.8. The Morgan fingerprint density at radius 3 is 1.86 bits per heavy atom. The van der Waals surface area contributed by atoms with Crippen LogP contribution in [0.15, 0.2) is 60.4 Å². The molecule has 7 rings (SSSR count). The minimum Gasteiger partial charge on any atom is -0.571 e. The summed E-state index contributed by atoms with van der Waals surface area (Å²) in [5.74, 6) is -3.93. The molecule has 0 aromatic heterocycles. The smallest absolute Gasteiger partial charge is 0.330 e. The molecular formula is C42H49O24+. The van der Waals surface area contributed by atoms with E-state index in [2.05, 4.69) is 4.74 Å². The summed E-state index contributed by atoms with van der Waals surface area (Å²) in [5.41, 5.74) is 0.420. The Hall–Kier alpha value is -5.55. The van der Waals surface area contributed by atoms with Crippen LogP contribution in [0, 0.1) is 0 Å². The lowest BCUT2D eigenvalue weighted by atomic mass is 9.97. The Bertz CT molecular complexity index is 2250. The predicted molar refractivity (Wildman–Crippen MR) is 215 cm³/mol. The molecule has 3 saturated heterocycles. The summed E-state index contributed by atoms with van der Waals surface area (Å²) >= 11 is 0. The molecule has 0 radical (unpaired) electrons. The van der Waals surface area contributed by atoms with Crippen molar-refractivity contribution in [3.8, 4) is 40.2 Å². The van der Waals surface area contributed by atoms with Crippen LogP contribution in [0.25, 0.3) is 12.2 Å². The largest absolute Gasteiger partial charge is 0.571 e. The third-order valence-corrected chi connectivity index (χ3v) is 11.2. The van der Waals surface area contributed by atoms with Crippen molar-refractivity contribution in [2.75, 3.05) is 19.8 Å². The van der Waals surface area contributed by atoms with E-state index in [1.165, 1.54) is 36.4 Å². The minimum absolute atomic E-state index is 0.0110. The lowest BCUT2D eigenvalue weighted by molar-refractivity contribution is -0.364. The van der Waals surface area contributed by atoms with E-state index in [1.807, 2.05) is 0 Å². The van der Waals surface area contributed by atoms with Crippen LogP contribution < -0.4 is 4.74 Å². The van der Waals surface area contributed by atoms with Gasteiger partial charge in [-0.15, -0.1) is 0 Å². The van der Waals surface area contributed by atoms with E-state index in [0.29, 0.717) is 5.56 Å². The Labute approximate surface area is 372 Å². The molecule has 4 heterocycles. The fraction of sp³-hybridized carbons (Fsp3) is 0.452. The fourth-order valence-corrected chi connectivity index (χ4v) is 7.48. The maximum Gasteiger partial charge on any atom is 0.330 e. The van der Waals surface area contributed by atoms with Crippen LogP contribution in [0.3, 0.4) is 0 Å². The highest BCUT2D eigenvalue weighted by atomic mass is 16.8. The molecular weight excluding hydrogens is 888 g/mol. The summed E-state index contributed by atoms with van der Waals surface area (Å²) in [6.07, 6.45) is -25.4. The molecule has 3 aromatic carbocycles. The van der Waals surface area contributed by atoms with E-state index in [1.54, 1.807) is 0 Å². The Balaban J connectivity index is 1.18. The van der Waals surface area contributed by atoms with E-state index >= 15 is 0 Å². The predicted octanol–water partition coefficient (Wildman–Crippen LogP) is -3.36. The molecule has 24 heteroatoms. The van der Waals surface area contributed by atoms with Crippen molar-refractivity contribution >= 4 is 18.1 Å². The molecule has 4 aliphatic heterocycles. The van der Waals surface area contributed by atoms with E-state index in [0.717, 1.165) is 30.3 Å². The molecule has 3 fully saturated rings. The van der Waals surface area contributed by atoms with E-state index in [9.17, 15) is 81.4 Å². The molecule has 0 aliphatic carbocycles. The van der Waals surface area contributed by atoms with Gasteiger partial charge >= 0.3 is 5.97 Å². The molecule has 4 aliphatic rings. The van der Waals surface area contributed by atoms with Gasteiger partial charge in [-0.3, -0.25) is 0 Å². The van der Waals surface area contributed by atoms with E-state index in [4.69, 9.17) is 33.2 Å². The Morgan fingerprint density at radius 2 is 1.21 bits per heavy atom. The van der Waals surface area contributed by atoms with Gasteiger partial charge in [-0.25, -0.2) is 4.79 Å². The highest BCUT2D eigenvalue weighted by Gasteiger charge is 2.53. The molecule has 0 saturated carbocycles. The zero-order valence-electron chi connectivity index (χ0n) is 34.1. The van der Waals surface area contributed by atoms with Crippen LogP contribution in [-0.4, -0.2) is 199 Å². The molecule has 0 amide bonds. The number of rotatable bonds is 13. The molecule has 360 valence electrons. The number of phenolic OH excluding ortho intramolecular Hbond substituents is 5. The van der Waals surface area contributed by atoms with E-state index < -0.39 is 153 Å². The maximum atomic E-state index is 12.6.